The van der Waals surface area contributed by atoms with E-state index in [2.05, 4.69) is 26.6 Å². The van der Waals surface area contributed by atoms with Crippen LogP contribution in [0.25, 0.3) is 0 Å². The Morgan fingerprint density at radius 3 is 2.27 bits per heavy atom. The zero-order valence-corrected chi connectivity index (χ0v) is 20.5. The largest absolute Gasteiger partial charge is 0.462 e. The van der Waals surface area contributed by atoms with Crippen molar-refractivity contribution in [2.75, 3.05) is 23.8 Å². The molecule has 33 heavy (non-hydrogen) atoms. The number of esters is 2. The lowest BCUT2D eigenvalue weighted by Crippen LogP contribution is -2.22. The number of hydrogen-bond acceptors (Lipinski definition) is 6. The molecule has 0 unspecified atom stereocenters. The van der Waals surface area contributed by atoms with Crippen LogP contribution in [0, 0.1) is 5.92 Å². The lowest BCUT2D eigenvalue weighted by Gasteiger charge is -2.09. The maximum Gasteiger partial charge on any atom is 0.338 e. The third-order valence-electron chi connectivity index (χ3n) is 4.08. The Morgan fingerprint density at radius 2 is 1.64 bits per heavy atom. The van der Waals surface area contributed by atoms with Crippen molar-refractivity contribution >= 4 is 62.7 Å². The van der Waals surface area contributed by atoms with Gasteiger partial charge in [-0.15, -0.1) is 0 Å². The molecule has 2 aromatic carbocycles. The van der Waals surface area contributed by atoms with Crippen molar-refractivity contribution in [3.05, 3.63) is 57.5 Å². The lowest BCUT2D eigenvalue weighted by atomic mass is 10.2. The molecule has 0 heterocycles. The van der Waals surface area contributed by atoms with Crippen LogP contribution < -0.4 is 10.6 Å². The average Bonchev–Trinajstić information content (AvgIpc) is 2.77. The summed E-state index contributed by atoms with van der Waals surface area (Å²) in [7, 11) is 0. The van der Waals surface area contributed by atoms with Crippen LogP contribution in [0.15, 0.2) is 46.9 Å². The molecule has 0 aliphatic carbocycles. The van der Waals surface area contributed by atoms with Crippen molar-refractivity contribution in [2.24, 2.45) is 5.92 Å². The van der Waals surface area contributed by atoms with Crippen molar-refractivity contribution in [3.63, 3.8) is 0 Å². The van der Waals surface area contributed by atoms with Crippen molar-refractivity contribution < 1.29 is 28.7 Å². The number of carbonyl (C=O) groups excluding carboxylic acids is 4. The van der Waals surface area contributed by atoms with E-state index in [0.29, 0.717) is 28.6 Å². The van der Waals surface area contributed by atoms with E-state index in [9.17, 15) is 19.2 Å². The Bertz CT molecular complexity index is 1010. The summed E-state index contributed by atoms with van der Waals surface area (Å²) >= 11 is 9.28. The van der Waals surface area contributed by atoms with Gasteiger partial charge >= 0.3 is 11.9 Å². The fourth-order valence-corrected chi connectivity index (χ4v) is 3.17. The summed E-state index contributed by atoms with van der Waals surface area (Å²) in [5.41, 5.74) is 1.24. The van der Waals surface area contributed by atoms with E-state index in [-0.39, 0.29) is 18.8 Å². The third-order valence-corrected chi connectivity index (χ3v) is 4.88. The highest BCUT2D eigenvalue weighted by Gasteiger charge is 2.13. The number of halogens is 2. The van der Waals surface area contributed by atoms with E-state index in [4.69, 9.17) is 21.1 Å². The first-order valence-corrected chi connectivity index (χ1v) is 11.3. The van der Waals surface area contributed by atoms with Crippen LogP contribution in [0.3, 0.4) is 0 Å². The highest BCUT2D eigenvalue weighted by Crippen LogP contribution is 2.25. The second-order valence-corrected chi connectivity index (χ2v) is 8.77. The lowest BCUT2D eigenvalue weighted by molar-refractivity contribution is -0.147. The average molecular weight is 540 g/mol. The van der Waals surface area contributed by atoms with Crippen LogP contribution in [0.4, 0.5) is 11.4 Å². The molecule has 2 N–H and O–H groups in total. The van der Waals surface area contributed by atoms with Gasteiger partial charge in [-0.3, -0.25) is 14.4 Å². The highest BCUT2D eigenvalue weighted by molar-refractivity contribution is 9.10. The molecule has 0 saturated heterocycles. The molecule has 8 nitrogen and oxygen atoms in total. The predicted octanol–water partition coefficient (Wildman–Crippen LogP) is 4.82. The standard InChI is InChI=1S/C23H24BrClN2O6/c1-14(2)12-33-23(31)15-3-6-17(7-4-15)26-20(28)9-10-22(30)32-13-21(29)27-19-8-5-16(24)11-18(19)25/h3-8,11,14H,9-10,12-13H2,1-2H3,(H,26,28)(H,27,29). The quantitative estimate of drug-likeness (QED) is 0.419. The van der Waals surface area contributed by atoms with Gasteiger partial charge in [0.2, 0.25) is 5.91 Å². The van der Waals surface area contributed by atoms with Gasteiger partial charge in [0.1, 0.15) is 0 Å². The van der Waals surface area contributed by atoms with Gasteiger partial charge in [0.15, 0.2) is 6.61 Å². The van der Waals surface area contributed by atoms with Crippen LogP contribution in [0.5, 0.6) is 0 Å². The summed E-state index contributed by atoms with van der Waals surface area (Å²) in [6.45, 7) is 3.71. The van der Waals surface area contributed by atoms with Gasteiger partial charge in [-0.05, 0) is 48.4 Å². The summed E-state index contributed by atoms with van der Waals surface area (Å²) in [5, 5.41) is 5.49. The first-order chi connectivity index (χ1) is 15.6. The minimum absolute atomic E-state index is 0.128. The number of benzene rings is 2. The fourth-order valence-electron chi connectivity index (χ4n) is 2.45. The van der Waals surface area contributed by atoms with Gasteiger partial charge in [0.25, 0.3) is 5.91 Å². The van der Waals surface area contributed by atoms with E-state index in [1.54, 1.807) is 42.5 Å². The van der Waals surface area contributed by atoms with Gasteiger partial charge in [0.05, 0.1) is 29.3 Å². The predicted molar refractivity (Wildman–Crippen MR) is 128 cm³/mol. The first kappa shape index (κ1) is 26.3. The number of ether oxygens (including phenoxy) is 2. The van der Waals surface area contributed by atoms with E-state index < -0.39 is 30.4 Å². The molecule has 0 aliphatic rings. The third kappa shape index (κ3) is 9.63. The van der Waals surface area contributed by atoms with Crippen LogP contribution in [0.1, 0.15) is 37.0 Å². The Morgan fingerprint density at radius 1 is 0.939 bits per heavy atom. The minimum Gasteiger partial charge on any atom is -0.462 e. The molecule has 2 aromatic rings. The number of carbonyl (C=O) groups is 4. The summed E-state index contributed by atoms with van der Waals surface area (Å²) in [6.07, 6.45) is -0.324. The molecule has 0 fully saturated rings. The molecule has 2 rings (SSSR count). The van der Waals surface area contributed by atoms with Crippen molar-refractivity contribution in [2.45, 2.75) is 26.7 Å². The van der Waals surface area contributed by atoms with E-state index in [1.165, 1.54) is 0 Å². The molecule has 0 atom stereocenters. The van der Waals surface area contributed by atoms with E-state index in [0.717, 1.165) is 4.47 Å². The fraction of sp³-hybridized carbons (Fsp3) is 0.304. The number of anilines is 2. The van der Waals surface area contributed by atoms with Crippen LogP contribution in [0.2, 0.25) is 5.02 Å². The van der Waals surface area contributed by atoms with Crippen LogP contribution in [-0.4, -0.2) is 37.0 Å². The Labute approximate surface area is 205 Å². The molecule has 0 radical (unpaired) electrons. The maximum absolute atomic E-state index is 12.0. The normalized spacial score (nSPS) is 10.5. The zero-order valence-electron chi connectivity index (χ0n) is 18.2. The number of nitrogens with one attached hydrogen (secondary N) is 2. The minimum atomic E-state index is -0.689. The topological polar surface area (TPSA) is 111 Å². The Kier molecular flexibility index (Phi) is 10.3. The van der Waals surface area contributed by atoms with Crippen molar-refractivity contribution in [3.8, 4) is 0 Å². The zero-order chi connectivity index (χ0) is 24.4. The van der Waals surface area contributed by atoms with Crippen molar-refractivity contribution in [1.29, 1.82) is 0 Å². The van der Waals surface area contributed by atoms with E-state index >= 15 is 0 Å². The van der Waals surface area contributed by atoms with E-state index in [1.807, 2.05) is 13.8 Å². The molecule has 0 saturated carbocycles. The van der Waals surface area contributed by atoms with Gasteiger partial charge in [-0.2, -0.15) is 0 Å². The summed E-state index contributed by atoms with van der Waals surface area (Å²) in [6, 6.07) is 11.2. The monoisotopic (exact) mass is 538 g/mol. The van der Waals surface area contributed by atoms with Crippen LogP contribution in [-0.2, 0) is 23.9 Å². The van der Waals surface area contributed by atoms with Crippen LogP contribution >= 0.6 is 27.5 Å². The SMILES string of the molecule is CC(C)COC(=O)c1ccc(NC(=O)CCC(=O)OCC(=O)Nc2ccc(Br)cc2Cl)cc1. The number of hydrogen-bond donors (Lipinski definition) is 2. The molecule has 176 valence electrons. The molecule has 0 spiro atoms. The molecular formula is C23H24BrClN2O6. The molecule has 0 bridgehead atoms. The number of rotatable bonds is 10. The number of amides is 2. The molecule has 10 heteroatoms. The van der Waals surface area contributed by atoms with Crippen molar-refractivity contribution in [1.82, 2.24) is 0 Å². The molecule has 2 amide bonds. The Hall–Kier alpha value is -2.91. The maximum atomic E-state index is 12.0. The van der Waals surface area contributed by atoms with Gasteiger partial charge in [0, 0.05) is 16.6 Å². The molecule has 0 aliphatic heterocycles. The second-order valence-electron chi connectivity index (χ2n) is 7.45. The summed E-state index contributed by atoms with van der Waals surface area (Å²) in [5.74, 6) is -1.85. The highest BCUT2D eigenvalue weighted by atomic mass is 79.9. The molecular weight excluding hydrogens is 516 g/mol. The van der Waals surface area contributed by atoms with Gasteiger partial charge in [-0.25, -0.2) is 4.79 Å². The first-order valence-electron chi connectivity index (χ1n) is 10.1. The Balaban J connectivity index is 1.70. The van der Waals surface area contributed by atoms with Gasteiger partial charge < -0.3 is 20.1 Å². The smallest absolute Gasteiger partial charge is 0.338 e. The van der Waals surface area contributed by atoms with Gasteiger partial charge in [-0.1, -0.05) is 41.4 Å². The molecule has 0 aromatic heterocycles. The summed E-state index contributed by atoms with van der Waals surface area (Å²) < 4.78 is 10.8. The summed E-state index contributed by atoms with van der Waals surface area (Å²) in [4.78, 5) is 47.7. The second kappa shape index (κ2) is 13.0.